The molecule has 4 nitrogen and oxygen atoms in total. The van der Waals surface area contributed by atoms with Crippen LogP contribution in [-0.2, 0) is 16.1 Å². The van der Waals surface area contributed by atoms with E-state index in [2.05, 4.69) is 0 Å². The zero-order valence-electron chi connectivity index (χ0n) is 7.16. The van der Waals surface area contributed by atoms with Crippen LogP contribution in [0.25, 0.3) is 0 Å². The van der Waals surface area contributed by atoms with E-state index in [-0.39, 0.29) is 5.91 Å². The van der Waals surface area contributed by atoms with E-state index >= 15 is 0 Å². The lowest BCUT2D eigenvalue weighted by atomic mass is 10.4. The number of hydrogen-bond acceptors (Lipinski definition) is 4. The van der Waals surface area contributed by atoms with E-state index in [0.717, 1.165) is 4.88 Å². The molecule has 0 saturated heterocycles. The van der Waals surface area contributed by atoms with Gasteiger partial charge in [0.1, 0.15) is 0 Å². The first-order valence-electron chi connectivity index (χ1n) is 3.92. The number of hydrazine groups is 1. The van der Waals surface area contributed by atoms with Crippen LogP contribution in [0.1, 0.15) is 11.3 Å². The van der Waals surface area contributed by atoms with Gasteiger partial charge in [-0.1, -0.05) is 6.07 Å². The third-order valence-corrected chi connectivity index (χ3v) is 2.31. The fourth-order valence-electron chi connectivity index (χ4n) is 0.805. The van der Waals surface area contributed by atoms with E-state index in [1.807, 2.05) is 22.9 Å². The highest BCUT2D eigenvalue weighted by Gasteiger charge is 1.98. The Kier molecular flexibility index (Phi) is 4.45. The second-order valence-corrected chi connectivity index (χ2v) is 3.48. The van der Waals surface area contributed by atoms with Gasteiger partial charge in [-0.15, -0.1) is 11.3 Å². The van der Waals surface area contributed by atoms with E-state index in [1.54, 1.807) is 11.3 Å². The molecule has 0 unspecified atom stereocenters. The zero-order chi connectivity index (χ0) is 9.52. The fourth-order valence-corrected chi connectivity index (χ4v) is 1.44. The van der Waals surface area contributed by atoms with Crippen molar-refractivity contribution in [1.82, 2.24) is 5.43 Å². The maximum absolute atomic E-state index is 10.7. The smallest absolute Gasteiger partial charge is 0.236 e. The number of thiophene rings is 1. The lowest BCUT2D eigenvalue weighted by Gasteiger charge is -2.01. The summed E-state index contributed by atoms with van der Waals surface area (Å²) in [5.74, 6) is 4.69. The number of ether oxygens (including phenoxy) is 1. The minimum atomic E-state index is -0.203. The minimum Gasteiger partial charge on any atom is -0.375 e. The highest BCUT2D eigenvalue weighted by molar-refractivity contribution is 7.09. The van der Waals surface area contributed by atoms with E-state index < -0.39 is 0 Å². The Morgan fingerprint density at radius 2 is 2.54 bits per heavy atom. The van der Waals surface area contributed by atoms with Gasteiger partial charge < -0.3 is 4.74 Å². The normalized spacial score (nSPS) is 9.92. The van der Waals surface area contributed by atoms with Crippen LogP contribution in [0, 0.1) is 0 Å². The van der Waals surface area contributed by atoms with Crippen molar-refractivity contribution in [3.63, 3.8) is 0 Å². The summed E-state index contributed by atoms with van der Waals surface area (Å²) < 4.78 is 5.24. The summed E-state index contributed by atoms with van der Waals surface area (Å²) in [6, 6.07) is 3.96. The van der Waals surface area contributed by atoms with E-state index in [9.17, 15) is 4.79 Å². The van der Waals surface area contributed by atoms with Crippen LogP contribution in [0.15, 0.2) is 17.5 Å². The number of hydrogen-bond donors (Lipinski definition) is 2. The summed E-state index contributed by atoms with van der Waals surface area (Å²) in [5, 5.41) is 1.99. The van der Waals surface area contributed by atoms with Crippen LogP contribution < -0.4 is 11.3 Å². The summed E-state index contributed by atoms with van der Waals surface area (Å²) in [6.07, 6.45) is 0.307. The average molecular weight is 200 g/mol. The molecule has 1 rings (SSSR count). The van der Waals surface area contributed by atoms with Gasteiger partial charge in [-0.25, -0.2) is 5.84 Å². The first kappa shape index (κ1) is 10.2. The monoisotopic (exact) mass is 200 g/mol. The maximum Gasteiger partial charge on any atom is 0.236 e. The number of carbonyl (C=O) groups is 1. The van der Waals surface area contributed by atoms with Crippen molar-refractivity contribution < 1.29 is 9.53 Å². The topological polar surface area (TPSA) is 64.3 Å². The highest BCUT2D eigenvalue weighted by atomic mass is 32.1. The Morgan fingerprint density at radius 3 is 3.15 bits per heavy atom. The molecule has 0 saturated carbocycles. The van der Waals surface area contributed by atoms with Gasteiger partial charge in [0.05, 0.1) is 19.6 Å². The maximum atomic E-state index is 10.7. The van der Waals surface area contributed by atoms with Crippen molar-refractivity contribution in [1.29, 1.82) is 0 Å². The van der Waals surface area contributed by atoms with E-state index in [4.69, 9.17) is 10.6 Å². The van der Waals surface area contributed by atoms with Gasteiger partial charge >= 0.3 is 0 Å². The van der Waals surface area contributed by atoms with Crippen LogP contribution in [0.3, 0.4) is 0 Å². The largest absolute Gasteiger partial charge is 0.375 e. The Labute approximate surface area is 80.7 Å². The molecule has 0 fully saturated rings. The van der Waals surface area contributed by atoms with Crippen LogP contribution in [0.4, 0.5) is 0 Å². The summed E-state index contributed by atoms with van der Waals surface area (Å²) in [4.78, 5) is 11.8. The van der Waals surface area contributed by atoms with Gasteiger partial charge in [0.15, 0.2) is 0 Å². The lowest BCUT2D eigenvalue weighted by molar-refractivity contribution is -0.122. The van der Waals surface area contributed by atoms with Crippen LogP contribution in [-0.4, -0.2) is 12.5 Å². The quantitative estimate of drug-likeness (QED) is 0.317. The molecule has 72 valence electrons. The number of carbonyl (C=O) groups excluding carboxylic acids is 1. The summed E-state index contributed by atoms with van der Waals surface area (Å²) in [5.41, 5.74) is 2.04. The molecule has 0 aliphatic carbocycles. The molecule has 0 bridgehead atoms. The minimum absolute atomic E-state index is 0.203. The molecule has 1 heterocycles. The molecule has 0 radical (unpaired) electrons. The third kappa shape index (κ3) is 4.02. The Bertz CT molecular complexity index is 249. The summed E-state index contributed by atoms with van der Waals surface area (Å²) in [7, 11) is 0. The third-order valence-electron chi connectivity index (χ3n) is 1.46. The molecule has 0 spiro atoms. The van der Waals surface area contributed by atoms with Crippen LogP contribution in [0.2, 0.25) is 0 Å². The average Bonchev–Trinajstić information content (AvgIpc) is 2.64. The molecule has 3 N–H and O–H groups in total. The van der Waals surface area contributed by atoms with Crippen molar-refractivity contribution >= 4 is 17.2 Å². The Balaban J connectivity index is 2.05. The van der Waals surface area contributed by atoms with Crippen molar-refractivity contribution in [2.45, 2.75) is 13.0 Å². The molecule has 0 aliphatic heterocycles. The Morgan fingerprint density at radius 1 is 1.69 bits per heavy atom. The van der Waals surface area contributed by atoms with Crippen molar-refractivity contribution in [2.75, 3.05) is 6.61 Å². The van der Waals surface area contributed by atoms with Gasteiger partial charge in [-0.2, -0.15) is 0 Å². The predicted molar refractivity (Wildman–Crippen MR) is 50.9 cm³/mol. The van der Waals surface area contributed by atoms with Crippen LogP contribution >= 0.6 is 11.3 Å². The molecule has 13 heavy (non-hydrogen) atoms. The number of nitrogens with two attached hydrogens (primary N) is 1. The number of nitrogens with one attached hydrogen (secondary N) is 1. The van der Waals surface area contributed by atoms with Gasteiger partial charge in [0.25, 0.3) is 0 Å². The molecule has 1 aromatic heterocycles. The van der Waals surface area contributed by atoms with Gasteiger partial charge in [-0.05, 0) is 11.4 Å². The first-order valence-corrected chi connectivity index (χ1v) is 4.80. The Hall–Kier alpha value is -0.910. The van der Waals surface area contributed by atoms with Gasteiger partial charge in [0.2, 0.25) is 5.91 Å². The molecule has 1 aromatic rings. The van der Waals surface area contributed by atoms with Gasteiger partial charge in [0, 0.05) is 4.88 Å². The highest BCUT2D eigenvalue weighted by Crippen LogP contribution is 2.09. The summed E-state index contributed by atoms with van der Waals surface area (Å²) >= 11 is 1.64. The fraction of sp³-hybridized carbons (Fsp3) is 0.375. The molecular weight excluding hydrogens is 188 g/mol. The van der Waals surface area contributed by atoms with Crippen LogP contribution in [0.5, 0.6) is 0 Å². The molecule has 0 aliphatic rings. The van der Waals surface area contributed by atoms with E-state index in [0.29, 0.717) is 19.6 Å². The molecule has 1 amide bonds. The standard InChI is InChI=1S/C8H12N2O2S/c9-10-8(11)3-4-12-6-7-2-1-5-13-7/h1-2,5H,3-4,6,9H2,(H,10,11). The van der Waals surface area contributed by atoms with Crippen molar-refractivity contribution in [3.05, 3.63) is 22.4 Å². The van der Waals surface area contributed by atoms with Crippen molar-refractivity contribution in [2.24, 2.45) is 5.84 Å². The van der Waals surface area contributed by atoms with Gasteiger partial charge in [-0.3, -0.25) is 10.2 Å². The SMILES string of the molecule is NNC(=O)CCOCc1cccs1. The predicted octanol–water partition coefficient (Wildman–Crippen LogP) is 0.645. The van der Waals surface area contributed by atoms with E-state index in [1.165, 1.54) is 0 Å². The molecular formula is C8H12N2O2S. The summed E-state index contributed by atoms with van der Waals surface area (Å²) in [6.45, 7) is 0.969. The molecule has 0 aromatic carbocycles. The second kappa shape index (κ2) is 5.69. The first-order chi connectivity index (χ1) is 6.33. The zero-order valence-corrected chi connectivity index (χ0v) is 7.97. The molecule has 5 heteroatoms. The molecule has 0 atom stereocenters. The second-order valence-electron chi connectivity index (χ2n) is 2.45. The number of amides is 1. The number of rotatable bonds is 5. The van der Waals surface area contributed by atoms with Crippen molar-refractivity contribution in [3.8, 4) is 0 Å². The lowest BCUT2D eigenvalue weighted by Crippen LogP contribution is -2.30.